The number of rotatable bonds is 5. The SMILES string of the molecule is CC(O)CCNC1CCOC1C1CC1. The third-order valence-electron chi connectivity index (χ3n) is 3.19. The van der Waals surface area contributed by atoms with Crippen LogP contribution in [-0.4, -0.2) is 36.5 Å². The van der Waals surface area contributed by atoms with E-state index in [4.69, 9.17) is 9.84 Å². The first kappa shape index (κ1) is 10.4. The summed E-state index contributed by atoms with van der Waals surface area (Å²) >= 11 is 0. The molecule has 0 amide bonds. The van der Waals surface area contributed by atoms with Gasteiger partial charge in [-0.2, -0.15) is 0 Å². The highest BCUT2D eigenvalue weighted by Gasteiger charge is 2.40. The molecule has 0 aromatic heterocycles. The Morgan fingerprint density at radius 3 is 2.86 bits per heavy atom. The van der Waals surface area contributed by atoms with Crippen molar-refractivity contribution in [2.75, 3.05) is 13.2 Å². The van der Waals surface area contributed by atoms with E-state index in [-0.39, 0.29) is 6.10 Å². The van der Waals surface area contributed by atoms with Crippen molar-refractivity contribution in [1.29, 1.82) is 0 Å². The van der Waals surface area contributed by atoms with Crippen molar-refractivity contribution < 1.29 is 9.84 Å². The van der Waals surface area contributed by atoms with E-state index in [1.54, 1.807) is 0 Å². The van der Waals surface area contributed by atoms with Gasteiger partial charge < -0.3 is 15.2 Å². The molecule has 0 aromatic rings. The smallest absolute Gasteiger partial charge is 0.0756 e. The Labute approximate surface area is 85.8 Å². The Morgan fingerprint density at radius 2 is 2.21 bits per heavy atom. The third-order valence-corrected chi connectivity index (χ3v) is 3.19. The Bertz CT molecular complexity index is 180. The second-order valence-electron chi connectivity index (χ2n) is 4.66. The lowest BCUT2D eigenvalue weighted by molar-refractivity contribution is 0.0801. The molecule has 3 nitrogen and oxygen atoms in total. The van der Waals surface area contributed by atoms with Crippen LogP contribution >= 0.6 is 0 Å². The second-order valence-corrected chi connectivity index (χ2v) is 4.66. The van der Waals surface area contributed by atoms with Crippen molar-refractivity contribution >= 4 is 0 Å². The molecule has 1 saturated carbocycles. The average Bonchev–Trinajstić information content (AvgIpc) is 2.87. The van der Waals surface area contributed by atoms with E-state index in [1.165, 1.54) is 12.8 Å². The van der Waals surface area contributed by atoms with E-state index >= 15 is 0 Å². The van der Waals surface area contributed by atoms with Crippen molar-refractivity contribution in [3.63, 3.8) is 0 Å². The zero-order chi connectivity index (χ0) is 9.97. The van der Waals surface area contributed by atoms with Crippen LogP contribution in [0.1, 0.15) is 32.6 Å². The summed E-state index contributed by atoms with van der Waals surface area (Å²) in [5.74, 6) is 0.821. The zero-order valence-electron chi connectivity index (χ0n) is 8.91. The van der Waals surface area contributed by atoms with Crippen molar-refractivity contribution in [3.8, 4) is 0 Å². The Balaban J connectivity index is 1.68. The van der Waals surface area contributed by atoms with Gasteiger partial charge >= 0.3 is 0 Å². The molecule has 82 valence electrons. The maximum Gasteiger partial charge on any atom is 0.0756 e. The number of nitrogens with one attached hydrogen (secondary N) is 1. The summed E-state index contributed by atoms with van der Waals surface area (Å²) in [6, 6.07) is 0.543. The summed E-state index contributed by atoms with van der Waals surface area (Å²) in [5, 5.41) is 12.6. The molecule has 2 rings (SSSR count). The number of aliphatic hydroxyl groups excluding tert-OH is 1. The van der Waals surface area contributed by atoms with Crippen LogP contribution < -0.4 is 5.32 Å². The fraction of sp³-hybridized carbons (Fsp3) is 1.00. The van der Waals surface area contributed by atoms with Gasteiger partial charge in [0.2, 0.25) is 0 Å². The minimum Gasteiger partial charge on any atom is -0.393 e. The maximum atomic E-state index is 9.14. The Morgan fingerprint density at radius 1 is 1.43 bits per heavy atom. The van der Waals surface area contributed by atoms with E-state index in [2.05, 4.69) is 5.32 Å². The van der Waals surface area contributed by atoms with Crippen LogP contribution in [0.15, 0.2) is 0 Å². The molecule has 1 heterocycles. The molecule has 1 aliphatic carbocycles. The molecule has 1 aliphatic heterocycles. The van der Waals surface area contributed by atoms with Crippen molar-refractivity contribution in [1.82, 2.24) is 5.32 Å². The van der Waals surface area contributed by atoms with Crippen LogP contribution in [-0.2, 0) is 4.74 Å². The molecular weight excluding hydrogens is 178 g/mol. The number of hydrogen-bond acceptors (Lipinski definition) is 3. The summed E-state index contributed by atoms with van der Waals surface area (Å²) in [5.41, 5.74) is 0. The molecule has 3 heteroatoms. The van der Waals surface area contributed by atoms with Crippen LogP contribution in [0.4, 0.5) is 0 Å². The van der Waals surface area contributed by atoms with Crippen LogP contribution in [0, 0.1) is 5.92 Å². The number of hydrogen-bond donors (Lipinski definition) is 2. The first-order chi connectivity index (χ1) is 6.77. The topological polar surface area (TPSA) is 41.5 Å². The molecule has 0 spiro atoms. The van der Waals surface area contributed by atoms with Gasteiger partial charge in [-0.05, 0) is 45.1 Å². The highest BCUT2D eigenvalue weighted by atomic mass is 16.5. The quantitative estimate of drug-likeness (QED) is 0.691. The summed E-state index contributed by atoms with van der Waals surface area (Å²) in [6.07, 6.45) is 4.95. The maximum absolute atomic E-state index is 9.14. The van der Waals surface area contributed by atoms with Crippen molar-refractivity contribution in [2.45, 2.75) is 50.9 Å². The molecule has 1 saturated heterocycles. The van der Waals surface area contributed by atoms with Gasteiger partial charge in [0.15, 0.2) is 0 Å². The van der Waals surface area contributed by atoms with Gasteiger partial charge in [-0.15, -0.1) is 0 Å². The molecule has 0 aromatic carbocycles. The van der Waals surface area contributed by atoms with Gasteiger partial charge in [0.1, 0.15) is 0 Å². The first-order valence-electron chi connectivity index (χ1n) is 5.80. The first-order valence-corrected chi connectivity index (χ1v) is 5.80. The molecule has 3 atom stereocenters. The fourth-order valence-electron chi connectivity index (χ4n) is 2.20. The number of aliphatic hydroxyl groups is 1. The van der Waals surface area contributed by atoms with E-state index < -0.39 is 0 Å². The van der Waals surface area contributed by atoms with E-state index in [0.717, 1.165) is 31.9 Å². The average molecular weight is 199 g/mol. The normalized spacial score (nSPS) is 34.7. The monoisotopic (exact) mass is 199 g/mol. The standard InChI is InChI=1S/C11H21NO2/c1-8(13)4-6-12-10-5-7-14-11(10)9-2-3-9/h8-13H,2-7H2,1H3. The summed E-state index contributed by atoms with van der Waals surface area (Å²) in [7, 11) is 0. The van der Waals surface area contributed by atoms with E-state index in [1.807, 2.05) is 6.92 Å². The lowest BCUT2D eigenvalue weighted by atomic mass is 10.1. The molecule has 2 fully saturated rings. The Kier molecular flexibility index (Phi) is 3.42. The highest BCUT2D eigenvalue weighted by molar-refractivity contribution is 4.93. The van der Waals surface area contributed by atoms with Gasteiger partial charge in [-0.1, -0.05) is 0 Å². The van der Waals surface area contributed by atoms with Gasteiger partial charge in [-0.3, -0.25) is 0 Å². The second kappa shape index (κ2) is 4.60. The molecule has 14 heavy (non-hydrogen) atoms. The Hall–Kier alpha value is -0.120. The lowest BCUT2D eigenvalue weighted by Crippen LogP contribution is -2.38. The minimum atomic E-state index is -0.191. The van der Waals surface area contributed by atoms with Crippen LogP contribution in [0.25, 0.3) is 0 Å². The van der Waals surface area contributed by atoms with Crippen LogP contribution in [0.5, 0.6) is 0 Å². The molecule has 0 radical (unpaired) electrons. The number of ether oxygens (including phenoxy) is 1. The molecule has 2 aliphatic rings. The predicted molar refractivity (Wildman–Crippen MR) is 55.2 cm³/mol. The molecule has 2 N–H and O–H groups in total. The van der Waals surface area contributed by atoms with Crippen molar-refractivity contribution in [3.05, 3.63) is 0 Å². The molecule has 3 unspecified atom stereocenters. The van der Waals surface area contributed by atoms with Gasteiger partial charge in [0.25, 0.3) is 0 Å². The highest BCUT2D eigenvalue weighted by Crippen LogP contribution is 2.38. The third kappa shape index (κ3) is 2.69. The molecular formula is C11H21NO2. The largest absolute Gasteiger partial charge is 0.393 e. The summed E-state index contributed by atoms with van der Waals surface area (Å²) in [6.45, 7) is 3.66. The molecule has 0 bridgehead atoms. The van der Waals surface area contributed by atoms with Crippen molar-refractivity contribution in [2.24, 2.45) is 5.92 Å². The van der Waals surface area contributed by atoms with Crippen LogP contribution in [0.2, 0.25) is 0 Å². The van der Waals surface area contributed by atoms with Crippen LogP contribution in [0.3, 0.4) is 0 Å². The van der Waals surface area contributed by atoms with Gasteiger partial charge in [0, 0.05) is 12.6 Å². The summed E-state index contributed by atoms with van der Waals surface area (Å²) < 4.78 is 5.72. The fourth-order valence-corrected chi connectivity index (χ4v) is 2.20. The predicted octanol–water partition coefficient (Wildman–Crippen LogP) is 0.914. The van der Waals surface area contributed by atoms with Gasteiger partial charge in [-0.25, -0.2) is 0 Å². The minimum absolute atomic E-state index is 0.191. The van der Waals surface area contributed by atoms with E-state index in [0.29, 0.717) is 12.1 Å². The summed E-state index contributed by atoms with van der Waals surface area (Å²) in [4.78, 5) is 0. The van der Waals surface area contributed by atoms with E-state index in [9.17, 15) is 0 Å². The lowest BCUT2D eigenvalue weighted by Gasteiger charge is -2.19. The zero-order valence-corrected chi connectivity index (χ0v) is 8.91. The van der Waals surface area contributed by atoms with Gasteiger partial charge in [0.05, 0.1) is 12.2 Å².